The van der Waals surface area contributed by atoms with Gasteiger partial charge in [0.15, 0.2) is 0 Å². The third-order valence-corrected chi connectivity index (χ3v) is 5.03. The average molecular weight is 476 g/mol. The van der Waals surface area contributed by atoms with Crippen LogP contribution in [-0.2, 0) is 27.2 Å². The predicted octanol–water partition coefficient (Wildman–Crippen LogP) is 2.45. The van der Waals surface area contributed by atoms with E-state index in [0.29, 0.717) is 27.5 Å². The maximum Gasteiger partial charge on any atom is 0.326 e. The van der Waals surface area contributed by atoms with Gasteiger partial charge in [0.2, 0.25) is 11.8 Å². The van der Waals surface area contributed by atoms with Crippen molar-refractivity contribution in [1.82, 2.24) is 20.3 Å². The predicted molar refractivity (Wildman–Crippen MR) is 119 cm³/mol. The van der Waals surface area contributed by atoms with Crippen molar-refractivity contribution >= 4 is 46.7 Å². The molecule has 0 bridgehead atoms. The van der Waals surface area contributed by atoms with Crippen LogP contribution < -0.4 is 10.6 Å². The fourth-order valence-electron chi connectivity index (χ4n) is 3.09. The van der Waals surface area contributed by atoms with Gasteiger partial charge >= 0.3 is 5.97 Å². The summed E-state index contributed by atoms with van der Waals surface area (Å²) >= 11 is 11.6. The van der Waals surface area contributed by atoms with Gasteiger partial charge in [0.25, 0.3) is 0 Å². The molecule has 0 aliphatic rings. The Labute approximate surface area is 193 Å². The minimum absolute atomic E-state index is 0.00277. The Bertz CT molecular complexity index is 1120. The van der Waals surface area contributed by atoms with Gasteiger partial charge in [0.1, 0.15) is 11.9 Å². The molecule has 3 N–H and O–H groups in total. The van der Waals surface area contributed by atoms with Crippen LogP contribution in [0.15, 0.2) is 54.9 Å². The first-order chi connectivity index (χ1) is 15.4. The summed E-state index contributed by atoms with van der Waals surface area (Å²) in [6.07, 6.45) is 3.13. The molecule has 32 heavy (non-hydrogen) atoms. The normalized spacial score (nSPS) is 11.6. The molecule has 9 nitrogen and oxygen atoms in total. The van der Waals surface area contributed by atoms with Crippen molar-refractivity contribution in [2.24, 2.45) is 0 Å². The van der Waals surface area contributed by atoms with Crippen molar-refractivity contribution in [3.05, 3.63) is 71.0 Å². The third-order valence-electron chi connectivity index (χ3n) is 4.55. The summed E-state index contributed by atoms with van der Waals surface area (Å²) < 4.78 is 1.50. The van der Waals surface area contributed by atoms with Crippen LogP contribution in [0.5, 0.6) is 0 Å². The van der Waals surface area contributed by atoms with Crippen molar-refractivity contribution in [3.8, 4) is 5.69 Å². The number of carboxylic acids is 1. The quantitative estimate of drug-likeness (QED) is 0.408. The first-order valence-corrected chi connectivity index (χ1v) is 10.4. The molecule has 0 spiro atoms. The van der Waals surface area contributed by atoms with E-state index < -0.39 is 17.9 Å². The SMILES string of the molecule is O=C(Cc1ccccc1C[C@H](NC(=O)CCl)C(=O)O)Nc1cc(Cl)ccc1-n1ccnn1. The van der Waals surface area contributed by atoms with Crippen molar-refractivity contribution in [2.45, 2.75) is 18.9 Å². The Kier molecular flexibility index (Phi) is 7.80. The highest BCUT2D eigenvalue weighted by atomic mass is 35.5. The number of amides is 2. The largest absolute Gasteiger partial charge is 0.480 e. The fourth-order valence-corrected chi connectivity index (χ4v) is 3.34. The lowest BCUT2D eigenvalue weighted by molar-refractivity contribution is -0.141. The van der Waals surface area contributed by atoms with Gasteiger partial charge in [-0.05, 0) is 29.3 Å². The van der Waals surface area contributed by atoms with E-state index in [9.17, 15) is 19.5 Å². The second-order valence-electron chi connectivity index (χ2n) is 6.80. The van der Waals surface area contributed by atoms with Crippen LogP contribution in [0.3, 0.4) is 0 Å². The number of anilines is 1. The Hall–Kier alpha value is -3.43. The second-order valence-corrected chi connectivity index (χ2v) is 7.50. The highest BCUT2D eigenvalue weighted by molar-refractivity contribution is 6.31. The molecule has 2 amide bonds. The van der Waals surface area contributed by atoms with Gasteiger partial charge < -0.3 is 15.7 Å². The number of carbonyl (C=O) groups is 3. The Morgan fingerprint density at radius 1 is 1.09 bits per heavy atom. The van der Waals surface area contributed by atoms with Crippen molar-refractivity contribution in [2.75, 3.05) is 11.2 Å². The number of nitrogens with one attached hydrogen (secondary N) is 2. The van der Waals surface area contributed by atoms with Crippen molar-refractivity contribution in [1.29, 1.82) is 0 Å². The standard InChI is InChI=1S/C21H19Cl2N5O4/c22-12-20(30)26-17(21(31)32)9-13-3-1-2-4-14(13)10-19(29)25-16-11-15(23)5-6-18(16)28-8-7-24-27-28/h1-8,11,17H,9-10,12H2,(H,25,29)(H,26,30)(H,31,32)/t17-/m0/s1. The van der Waals surface area contributed by atoms with E-state index in [4.69, 9.17) is 23.2 Å². The summed E-state index contributed by atoms with van der Waals surface area (Å²) in [6, 6.07) is 10.7. The monoisotopic (exact) mass is 475 g/mol. The van der Waals surface area contributed by atoms with E-state index in [-0.39, 0.29) is 24.6 Å². The molecule has 3 aromatic rings. The summed E-state index contributed by atoms with van der Waals surface area (Å²) in [5, 5.41) is 22.7. The third kappa shape index (κ3) is 6.05. The number of carbonyl (C=O) groups excluding carboxylic acids is 2. The zero-order chi connectivity index (χ0) is 23.1. The zero-order valence-corrected chi connectivity index (χ0v) is 18.2. The molecule has 166 valence electrons. The molecule has 0 unspecified atom stereocenters. The summed E-state index contributed by atoms with van der Waals surface area (Å²) in [6.45, 7) is 0. The van der Waals surface area contributed by atoms with E-state index in [0.717, 1.165) is 0 Å². The number of nitrogens with zero attached hydrogens (tertiary/aromatic N) is 3. The van der Waals surface area contributed by atoms with Gasteiger partial charge in [-0.25, -0.2) is 9.48 Å². The minimum Gasteiger partial charge on any atom is -0.480 e. The van der Waals surface area contributed by atoms with Crippen LogP contribution in [0.4, 0.5) is 5.69 Å². The number of aromatic nitrogens is 3. The lowest BCUT2D eigenvalue weighted by Crippen LogP contribution is -2.43. The molecule has 0 saturated heterocycles. The van der Waals surface area contributed by atoms with Crippen LogP contribution in [0.25, 0.3) is 5.69 Å². The first kappa shape index (κ1) is 23.2. The van der Waals surface area contributed by atoms with Gasteiger partial charge in [-0.15, -0.1) is 16.7 Å². The number of carboxylic acid groups (broad SMARTS) is 1. The number of aliphatic carboxylic acids is 1. The smallest absolute Gasteiger partial charge is 0.326 e. The molecular formula is C21H19Cl2N5O4. The second kappa shape index (κ2) is 10.7. The van der Waals surface area contributed by atoms with Crippen molar-refractivity contribution in [3.63, 3.8) is 0 Å². The van der Waals surface area contributed by atoms with Gasteiger partial charge in [-0.2, -0.15) is 0 Å². The highest BCUT2D eigenvalue weighted by Gasteiger charge is 2.22. The Morgan fingerprint density at radius 2 is 1.84 bits per heavy atom. The van der Waals surface area contributed by atoms with Crippen LogP contribution in [0.2, 0.25) is 5.02 Å². The topological polar surface area (TPSA) is 126 Å². The molecule has 1 heterocycles. The van der Waals surface area contributed by atoms with Crippen LogP contribution in [0, 0.1) is 0 Å². The van der Waals surface area contributed by atoms with Crippen LogP contribution in [-0.4, -0.2) is 49.8 Å². The number of alkyl halides is 1. The lowest BCUT2D eigenvalue weighted by atomic mass is 9.97. The van der Waals surface area contributed by atoms with E-state index in [2.05, 4.69) is 20.9 Å². The first-order valence-electron chi connectivity index (χ1n) is 9.48. The van der Waals surface area contributed by atoms with E-state index in [1.165, 1.54) is 10.9 Å². The van der Waals surface area contributed by atoms with Gasteiger partial charge in [-0.3, -0.25) is 9.59 Å². The van der Waals surface area contributed by atoms with Gasteiger partial charge in [0.05, 0.1) is 30.2 Å². The molecule has 0 radical (unpaired) electrons. The Morgan fingerprint density at radius 3 is 2.50 bits per heavy atom. The van der Waals surface area contributed by atoms with Gasteiger partial charge in [-0.1, -0.05) is 41.1 Å². The molecule has 1 aromatic heterocycles. The number of benzene rings is 2. The number of hydrogen-bond acceptors (Lipinski definition) is 5. The number of hydrogen-bond donors (Lipinski definition) is 3. The summed E-state index contributed by atoms with van der Waals surface area (Å²) in [5.74, 6) is -2.46. The lowest BCUT2D eigenvalue weighted by Gasteiger charge is -2.17. The van der Waals surface area contributed by atoms with Crippen LogP contribution in [0.1, 0.15) is 11.1 Å². The van der Waals surface area contributed by atoms with E-state index >= 15 is 0 Å². The number of halogens is 2. The maximum atomic E-state index is 12.8. The average Bonchev–Trinajstić information content (AvgIpc) is 3.29. The molecule has 11 heteroatoms. The molecule has 2 aromatic carbocycles. The molecule has 1 atom stereocenters. The van der Waals surface area contributed by atoms with Gasteiger partial charge in [0, 0.05) is 11.4 Å². The summed E-state index contributed by atoms with van der Waals surface area (Å²) in [7, 11) is 0. The maximum absolute atomic E-state index is 12.8. The molecule has 0 fully saturated rings. The molecule has 0 aliphatic heterocycles. The van der Waals surface area contributed by atoms with Crippen LogP contribution >= 0.6 is 23.2 Å². The highest BCUT2D eigenvalue weighted by Crippen LogP contribution is 2.24. The number of rotatable bonds is 9. The molecule has 0 aliphatic carbocycles. The van der Waals surface area contributed by atoms with E-state index in [1.807, 2.05) is 0 Å². The molecule has 0 saturated carbocycles. The van der Waals surface area contributed by atoms with Crippen molar-refractivity contribution < 1.29 is 19.5 Å². The molecule has 3 rings (SSSR count). The summed E-state index contributed by atoms with van der Waals surface area (Å²) in [5.41, 5.74) is 2.28. The van der Waals surface area contributed by atoms with E-state index in [1.54, 1.807) is 48.7 Å². The molecular weight excluding hydrogens is 457 g/mol. The fraction of sp³-hybridized carbons (Fsp3) is 0.190. The Balaban J connectivity index is 1.78. The minimum atomic E-state index is -1.20. The summed E-state index contributed by atoms with van der Waals surface area (Å²) in [4.78, 5) is 35.9. The zero-order valence-electron chi connectivity index (χ0n) is 16.7.